The summed E-state index contributed by atoms with van der Waals surface area (Å²) in [5.41, 5.74) is 0. The summed E-state index contributed by atoms with van der Waals surface area (Å²) < 4.78 is 27.6. The van der Waals surface area contributed by atoms with E-state index in [4.69, 9.17) is 5.11 Å². The fourth-order valence-electron chi connectivity index (χ4n) is 2.38. The Morgan fingerprint density at radius 2 is 1.94 bits per heavy atom. The molecule has 1 saturated heterocycles. The highest BCUT2D eigenvalue weighted by Gasteiger charge is 2.36. The smallest absolute Gasteiger partial charge is 0.304 e. The maximum Gasteiger partial charge on any atom is 0.304 e. The molecule has 0 spiro atoms. The third-order valence-corrected chi connectivity index (χ3v) is 5.55. The Bertz CT molecular complexity index is 379. The number of nitrogens with zero attached hydrogens (tertiary/aromatic N) is 2. The summed E-state index contributed by atoms with van der Waals surface area (Å²) in [5.74, 6) is -0.943. The van der Waals surface area contributed by atoms with Gasteiger partial charge in [0.25, 0.3) is 10.2 Å². The summed E-state index contributed by atoms with van der Waals surface area (Å²) in [6.07, 6.45) is 2.21. The molecule has 1 fully saturated rings. The molecular formula is C11H22N2O4S. The number of carboxylic acid groups (broad SMARTS) is 1. The van der Waals surface area contributed by atoms with Crippen molar-refractivity contribution in [2.45, 2.75) is 45.6 Å². The van der Waals surface area contributed by atoms with Gasteiger partial charge in [-0.25, -0.2) is 0 Å². The van der Waals surface area contributed by atoms with Gasteiger partial charge in [0, 0.05) is 25.7 Å². The Hall–Kier alpha value is -0.660. The second-order valence-electron chi connectivity index (χ2n) is 4.45. The normalized spacial score (nSPS) is 22.3. The summed E-state index contributed by atoms with van der Waals surface area (Å²) >= 11 is 0. The number of rotatable bonds is 6. The predicted molar refractivity (Wildman–Crippen MR) is 68.4 cm³/mol. The van der Waals surface area contributed by atoms with Gasteiger partial charge in [-0.15, -0.1) is 0 Å². The van der Waals surface area contributed by atoms with Crippen molar-refractivity contribution in [1.29, 1.82) is 0 Å². The van der Waals surface area contributed by atoms with Crippen molar-refractivity contribution in [2.24, 2.45) is 0 Å². The van der Waals surface area contributed by atoms with E-state index in [1.165, 1.54) is 8.61 Å². The molecule has 1 aliphatic heterocycles. The summed E-state index contributed by atoms with van der Waals surface area (Å²) in [7, 11) is -3.52. The Morgan fingerprint density at radius 3 is 2.44 bits per heavy atom. The maximum atomic E-state index is 12.4. The van der Waals surface area contributed by atoms with E-state index in [-0.39, 0.29) is 6.42 Å². The van der Waals surface area contributed by atoms with Crippen LogP contribution in [0.2, 0.25) is 0 Å². The lowest BCUT2D eigenvalue weighted by Gasteiger charge is -2.36. The highest BCUT2D eigenvalue weighted by molar-refractivity contribution is 7.86. The standard InChI is InChI=1S/C11H22N2O4S/c1-3-12(4-2)18(16,17)13-8-6-5-7-10(13)9-11(14)15/h10H,3-9H2,1-2H3,(H,14,15). The van der Waals surface area contributed by atoms with E-state index >= 15 is 0 Å². The molecule has 1 atom stereocenters. The van der Waals surface area contributed by atoms with Crippen LogP contribution < -0.4 is 0 Å². The van der Waals surface area contributed by atoms with Crippen molar-refractivity contribution in [2.75, 3.05) is 19.6 Å². The first-order chi connectivity index (χ1) is 8.43. The third-order valence-electron chi connectivity index (χ3n) is 3.31. The lowest BCUT2D eigenvalue weighted by Crippen LogP contribution is -2.51. The van der Waals surface area contributed by atoms with Gasteiger partial charge in [-0.05, 0) is 12.8 Å². The van der Waals surface area contributed by atoms with E-state index in [1.54, 1.807) is 13.8 Å². The molecule has 1 unspecified atom stereocenters. The van der Waals surface area contributed by atoms with E-state index in [0.717, 1.165) is 12.8 Å². The number of carboxylic acids is 1. The molecule has 1 rings (SSSR count). The first-order valence-electron chi connectivity index (χ1n) is 6.42. The van der Waals surface area contributed by atoms with Gasteiger partial charge >= 0.3 is 5.97 Å². The predicted octanol–water partition coefficient (Wildman–Crippen LogP) is 0.902. The van der Waals surface area contributed by atoms with Gasteiger partial charge in [0.1, 0.15) is 0 Å². The van der Waals surface area contributed by atoms with E-state index in [0.29, 0.717) is 26.1 Å². The van der Waals surface area contributed by atoms with Crippen LogP contribution in [0.4, 0.5) is 0 Å². The zero-order chi connectivity index (χ0) is 13.8. The highest BCUT2D eigenvalue weighted by atomic mass is 32.2. The minimum absolute atomic E-state index is 0.111. The number of piperidine rings is 1. The molecule has 18 heavy (non-hydrogen) atoms. The first kappa shape index (κ1) is 15.4. The summed E-state index contributed by atoms with van der Waals surface area (Å²) in [5, 5.41) is 8.87. The second kappa shape index (κ2) is 6.49. The highest BCUT2D eigenvalue weighted by Crippen LogP contribution is 2.24. The van der Waals surface area contributed by atoms with Gasteiger partial charge < -0.3 is 5.11 Å². The molecular weight excluding hydrogens is 256 g/mol. The Morgan fingerprint density at radius 1 is 1.33 bits per heavy atom. The molecule has 7 heteroatoms. The Labute approximate surface area is 109 Å². The second-order valence-corrected chi connectivity index (χ2v) is 6.33. The van der Waals surface area contributed by atoms with Gasteiger partial charge in [-0.1, -0.05) is 20.3 Å². The van der Waals surface area contributed by atoms with Crippen LogP contribution in [0.5, 0.6) is 0 Å². The number of carbonyl (C=O) groups is 1. The summed E-state index contributed by atoms with van der Waals surface area (Å²) in [4.78, 5) is 10.8. The molecule has 0 bridgehead atoms. The molecule has 106 valence electrons. The Kier molecular flexibility index (Phi) is 5.55. The molecule has 0 aromatic rings. The van der Waals surface area contributed by atoms with Crippen LogP contribution in [0.25, 0.3) is 0 Å². The van der Waals surface area contributed by atoms with Crippen molar-refractivity contribution < 1.29 is 18.3 Å². The zero-order valence-corrected chi connectivity index (χ0v) is 11.8. The average molecular weight is 278 g/mol. The Balaban J connectivity index is 2.91. The molecule has 1 aliphatic rings. The van der Waals surface area contributed by atoms with Gasteiger partial charge in [0.05, 0.1) is 6.42 Å². The topological polar surface area (TPSA) is 77.9 Å². The zero-order valence-electron chi connectivity index (χ0n) is 11.0. The SMILES string of the molecule is CCN(CC)S(=O)(=O)N1CCCCC1CC(=O)O. The van der Waals surface area contributed by atoms with E-state index in [2.05, 4.69) is 0 Å². The largest absolute Gasteiger partial charge is 0.481 e. The van der Waals surface area contributed by atoms with Crippen molar-refractivity contribution in [3.05, 3.63) is 0 Å². The van der Waals surface area contributed by atoms with E-state index < -0.39 is 22.2 Å². The molecule has 0 aliphatic carbocycles. The van der Waals surface area contributed by atoms with Gasteiger partial charge in [-0.3, -0.25) is 4.79 Å². The molecule has 6 nitrogen and oxygen atoms in total. The minimum Gasteiger partial charge on any atom is -0.481 e. The van der Waals surface area contributed by atoms with Crippen molar-refractivity contribution in [3.8, 4) is 0 Å². The van der Waals surface area contributed by atoms with E-state index in [9.17, 15) is 13.2 Å². The van der Waals surface area contributed by atoms with Crippen LogP contribution in [0.1, 0.15) is 39.5 Å². The van der Waals surface area contributed by atoms with Gasteiger partial charge in [-0.2, -0.15) is 17.0 Å². The van der Waals surface area contributed by atoms with Crippen LogP contribution >= 0.6 is 0 Å². The summed E-state index contributed by atoms with van der Waals surface area (Å²) in [6, 6.07) is -0.401. The van der Waals surface area contributed by atoms with Crippen LogP contribution in [-0.2, 0) is 15.0 Å². The maximum absolute atomic E-state index is 12.4. The number of hydrogen-bond acceptors (Lipinski definition) is 3. The monoisotopic (exact) mass is 278 g/mol. The fourth-order valence-corrected chi connectivity index (χ4v) is 4.25. The van der Waals surface area contributed by atoms with Crippen molar-refractivity contribution in [1.82, 2.24) is 8.61 Å². The average Bonchev–Trinajstić information content (AvgIpc) is 2.30. The number of hydrogen-bond donors (Lipinski definition) is 1. The minimum atomic E-state index is -3.52. The lowest BCUT2D eigenvalue weighted by atomic mass is 10.0. The van der Waals surface area contributed by atoms with Crippen LogP contribution in [0.15, 0.2) is 0 Å². The first-order valence-corrected chi connectivity index (χ1v) is 7.81. The third kappa shape index (κ3) is 3.43. The van der Waals surface area contributed by atoms with Crippen molar-refractivity contribution in [3.63, 3.8) is 0 Å². The van der Waals surface area contributed by atoms with Crippen molar-refractivity contribution >= 4 is 16.2 Å². The molecule has 1 heterocycles. The molecule has 0 aromatic carbocycles. The molecule has 0 amide bonds. The van der Waals surface area contributed by atoms with Gasteiger partial charge in [0.2, 0.25) is 0 Å². The summed E-state index contributed by atoms with van der Waals surface area (Å²) in [6.45, 7) is 4.83. The molecule has 0 saturated carbocycles. The van der Waals surface area contributed by atoms with E-state index in [1.807, 2.05) is 0 Å². The molecule has 0 aromatic heterocycles. The lowest BCUT2D eigenvalue weighted by molar-refractivity contribution is -0.138. The van der Waals surface area contributed by atoms with Crippen LogP contribution in [0, 0.1) is 0 Å². The quantitative estimate of drug-likeness (QED) is 0.783. The van der Waals surface area contributed by atoms with Crippen LogP contribution in [0.3, 0.4) is 0 Å². The van der Waals surface area contributed by atoms with Gasteiger partial charge in [0.15, 0.2) is 0 Å². The van der Waals surface area contributed by atoms with Crippen LogP contribution in [-0.4, -0.2) is 53.8 Å². The molecule has 0 radical (unpaired) electrons. The molecule has 1 N–H and O–H groups in total. The number of aliphatic carboxylic acids is 1. The fraction of sp³-hybridized carbons (Fsp3) is 0.909.